The lowest BCUT2D eigenvalue weighted by Gasteiger charge is -2.28. The van der Waals surface area contributed by atoms with Crippen LogP contribution in [0.1, 0.15) is 51.8 Å². The molecule has 1 saturated carbocycles. The summed E-state index contributed by atoms with van der Waals surface area (Å²) in [5, 5.41) is 0. The second-order valence-corrected chi connectivity index (χ2v) is 6.43. The van der Waals surface area contributed by atoms with E-state index in [0.717, 1.165) is 31.2 Å². The number of nitrogens with zero attached hydrogens (tertiary/aromatic N) is 1. The van der Waals surface area contributed by atoms with Gasteiger partial charge in [0.15, 0.2) is 11.6 Å². The van der Waals surface area contributed by atoms with Gasteiger partial charge in [-0.15, -0.1) is 0 Å². The first-order valence-corrected chi connectivity index (χ1v) is 7.36. The lowest BCUT2D eigenvalue weighted by atomic mass is 9.78. The molecular formula is C16H20F2N2. The maximum atomic E-state index is 13.8. The van der Waals surface area contributed by atoms with Crippen molar-refractivity contribution in [1.82, 2.24) is 9.97 Å². The average Bonchev–Trinajstić information content (AvgIpc) is 3.00. The number of aromatic nitrogens is 2. The fraction of sp³-hybridized carbons (Fsp3) is 0.562. The van der Waals surface area contributed by atoms with Crippen molar-refractivity contribution in [2.75, 3.05) is 0 Å². The third kappa shape index (κ3) is 2.11. The minimum atomic E-state index is -0.845. The predicted molar refractivity (Wildman–Crippen MR) is 75.6 cm³/mol. The van der Waals surface area contributed by atoms with E-state index in [0.29, 0.717) is 11.4 Å². The second kappa shape index (κ2) is 4.83. The number of hydrogen-bond donors (Lipinski definition) is 1. The molecular weight excluding hydrogens is 258 g/mol. The maximum Gasteiger partial charge on any atom is 0.186 e. The SMILES string of the molecule is CC(C)CC1(c2nc3c(F)c(F)ccc3[nH]2)CCCC1. The highest BCUT2D eigenvalue weighted by Gasteiger charge is 2.39. The van der Waals surface area contributed by atoms with Crippen molar-refractivity contribution in [3.05, 3.63) is 29.6 Å². The van der Waals surface area contributed by atoms with Crippen LogP contribution in [-0.4, -0.2) is 9.97 Å². The molecule has 0 bridgehead atoms. The molecule has 1 fully saturated rings. The summed E-state index contributed by atoms with van der Waals surface area (Å²) in [6.07, 6.45) is 5.56. The topological polar surface area (TPSA) is 28.7 Å². The number of imidazole rings is 1. The first-order chi connectivity index (χ1) is 9.52. The molecule has 1 heterocycles. The van der Waals surface area contributed by atoms with Crippen molar-refractivity contribution >= 4 is 11.0 Å². The zero-order valence-corrected chi connectivity index (χ0v) is 12.0. The Morgan fingerprint density at radius 1 is 1.25 bits per heavy atom. The summed E-state index contributed by atoms with van der Waals surface area (Å²) in [6.45, 7) is 4.39. The number of fused-ring (bicyclic) bond motifs is 1. The van der Waals surface area contributed by atoms with E-state index in [9.17, 15) is 8.78 Å². The minimum Gasteiger partial charge on any atom is -0.341 e. The van der Waals surface area contributed by atoms with Crippen LogP contribution in [0.3, 0.4) is 0 Å². The summed E-state index contributed by atoms with van der Waals surface area (Å²) in [6, 6.07) is 2.73. The number of H-pyrrole nitrogens is 1. The van der Waals surface area contributed by atoms with Crippen LogP contribution < -0.4 is 0 Å². The van der Waals surface area contributed by atoms with Crippen LogP contribution in [-0.2, 0) is 5.41 Å². The van der Waals surface area contributed by atoms with Gasteiger partial charge in [-0.05, 0) is 37.3 Å². The van der Waals surface area contributed by atoms with Gasteiger partial charge in [0.05, 0.1) is 5.52 Å². The lowest BCUT2D eigenvalue weighted by molar-refractivity contribution is 0.331. The van der Waals surface area contributed by atoms with Crippen LogP contribution in [0, 0.1) is 17.6 Å². The van der Waals surface area contributed by atoms with Crippen LogP contribution >= 0.6 is 0 Å². The summed E-state index contributed by atoms with van der Waals surface area (Å²) in [4.78, 5) is 7.64. The number of hydrogen-bond acceptors (Lipinski definition) is 1. The molecule has 2 aromatic rings. The number of nitrogens with one attached hydrogen (secondary N) is 1. The monoisotopic (exact) mass is 278 g/mol. The van der Waals surface area contributed by atoms with Crippen molar-refractivity contribution < 1.29 is 8.78 Å². The molecule has 1 aromatic carbocycles. The number of rotatable bonds is 3. The van der Waals surface area contributed by atoms with E-state index < -0.39 is 11.6 Å². The smallest absolute Gasteiger partial charge is 0.186 e. The zero-order chi connectivity index (χ0) is 14.3. The molecule has 1 N–H and O–H groups in total. The van der Waals surface area contributed by atoms with Gasteiger partial charge in [0, 0.05) is 5.41 Å². The van der Waals surface area contributed by atoms with E-state index in [1.165, 1.54) is 12.8 Å². The summed E-state index contributed by atoms with van der Waals surface area (Å²) in [7, 11) is 0. The van der Waals surface area contributed by atoms with Gasteiger partial charge in [-0.2, -0.15) is 0 Å². The van der Waals surface area contributed by atoms with E-state index in [1.807, 2.05) is 0 Å². The molecule has 4 heteroatoms. The van der Waals surface area contributed by atoms with Crippen molar-refractivity contribution in [2.24, 2.45) is 5.92 Å². The molecule has 3 rings (SSSR count). The second-order valence-electron chi connectivity index (χ2n) is 6.43. The fourth-order valence-corrected chi connectivity index (χ4v) is 3.64. The van der Waals surface area contributed by atoms with Gasteiger partial charge in [0.25, 0.3) is 0 Å². The lowest BCUT2D eigenvalue weighted by Crippen LogP contribution is -2.25. The van der Waals surface area contributed by atoms with Gasteiger partial charge in [-0.25, -0.2) is 13.8 Å². The molecule has 1 aliphatic rings. The molecule has 2 nitrogen and oxygen atoms in total. The summed E-state index contributed by atoms with van der Waals surface area (Å²) in [5.74, 6) is -0.284. The summed E-state index contributed by atoms with van der Waals surface area (Å²) >= 11 is 0. The first kappa shape index (κ1) is 13.5. The standard InChI is InChI=1S/C16H20F2N2/c1-10(2)9-16(7-3-4-8-16)15-19-12-6-5-11(17)13(18)14(12)20-15/h5-6,10H,3-4,7-9H2,1-2H3,(H,19,20). The molecule has 0 spiro atoms. The van der Waals surface area contributed by atoms with Gasteiger partial charge in [-0.1, -0.05) is 26.7 Å². The Bertz CT molecular complexity index is 625. The largest absolute Gasteiger partial charge is 0.341 e. The van der Waals surface area contributed by atoms with Gasteiger partial charge in [-0.3, -0.25) is 0 Å². The molecule has 0 saturated heterocycles. The third-order valence-electron chi connectivity index (χ3n) is 4.41. The Kier molecular flexibility index (Phi) is 3.27. The molecule has 1 aliphatic carbocycles. The van der Waals surface area contributed by atoms with Gasteiger partial charge in [0.1, 0.15) is 11.3 Å². The van der Waals surface area contributed by atoms with E-state index in [4.69, 9.17) is 0 Å². The van der Waals surface area contributed by atoms with Crippen molar-refractivity contribution in [3.63, 3.8) is 0 Å². The molecule has 0 radical (unpaired) electrons. The molecule has 0 amide bonds. The Labute approximate surface area is 117 Å². The van der Waals surface area contributed by atoms with Crippen LogP contribution in [0.25, 0.3) is 11.0 Å². The predicted octanol–water partition coefficient (Wildman–Crippen LogP) is 4.70. The van der Waals surface area contributed by atoms with Gasteiger partial charge in [0.2, 0.25) is 0 Å². The highest BCUT2D eigenvalue weighted by molar-refractivity contribution is 5.76. The average molecular weight is 278 g/mol. The molecule has 0 unspecified atom stereocenters. The van der Waals surface area contributed by atoms with E-state index in [-0.39, 0.29) is 10.9 Å². The van der Waals surface area contributed by atoms with Crippen LogP contribution in [0.2, 0.25) is 0 Å². The molecule has 0 aliphatic heterocycles. The number of benzene rings is 1. The van der Waals surface area contributed by atoms with Crippen LogP contribution in [0.4, 0.5) is 8.78 Å². The highest BCUT2D eigenvalue weighted by atomic mass is 19.2. The van der Waals surface area contributed by atoms with Crippen molar-refractivity contribution in [1.29, 1.82) is 0 Å². The summed E-state index contributed by atoms with van der Waals surface area (Å²) < 4.78 is 27.1. The Hall–Kier alpha value is -1.45. The maximum absolute atomic E-state index is 13.8. The van der Waals surface area contributed by atoms with Gasteiger partial charge < -0.3 is 4.98 Å². The van der Waals surface area contributed by atoms with E-state index >= 15 is 0 Å². The van der Waals surface area contributed by atoms with Crippen molar-refractivity contribution in [3.8, 4) is 0 Å². The van der Waals surface area contributed by atoms with E-state index in [1.54, 1.807) is 6.07 Å². The molecule has 108 valence electrons. The first-order valence-electron chi connectivity index (χ1n) is 7.36. The van der Waals surface area contributed by atoms with E-state index in [2.05, 4.69) is 23.8 Å². The Morgan fingerprint density at radius 3 is 2.60 bits per heavy atom. The minimum absolute atomic E-state index is 0.0100. The molecule has 20 heavy (non-hydrogen) atoms. The Balaban J connectivity index is 2.10. The highest BCUT2D eigenvalue weighted by Crippen LogP contribution is 2.45. The number of aromatic amines is 1. The van der Waals surface area contributed by atoms with Crippen LogP contribution in [0.15, 0.2) is 12.1 Å². The Morgan fingerprint density at radius 2 is 1.95 bits per heavy atom. The molecule has 1 aromatic heterocycles. The summed E-state index contributed by atoms with van der Waals surface area (Å²) in [5.41, 5.74) is 0.736. The van der Waals surface area contributed by atoms with Gasteiger partial charge >= 0.3 is 0 Å². The quantitative estimate of drug-likeness (QED) is 0.866. The van der Waals surface area contributed by atoms with Crippen LogP contribution in [0.5, 0.6) is 0 Å². The number of halogens is 2. The normalized spacial score (nSPS) is 18.2. The molecule has 0 atom stereocenters. The third-order valence-corrected chi connectivity index (χ3v) is 4.41. The zero-order valence-electron chi connectivity index (χ0n) is 12.0. The fourth-order valence-electron chi connectivity index (χ4n) is 3.64. The van der Waals surface area contributed by atoms with Crippen molar-refractivity contribution in [2.45, 2.75) is 51.4 Å².